The molecule has 0 spiro atoms. The van der Waals surface area contributed by atoms with Gasteiger partial charge in [0, 0.05) is 38.3 Å². The maximum Gasteiger partial charge on any atom is 0.223 e. The van der Waals surface area contributed by atoms with Crippen molar-refractivity contribution in [3.63, 3.8) is 0 Å². The van der Waals surface area contributed by atoms with Crippen LogP contribution in [0.5, 0.6) is 0 Å². The Morgan fingerprint density at radius 1 is 1.28 bits per heavy atom. The zero-order valence-corrected chi connectivity index (χ0v) is 14.2. The van der Waals surface area contributed by atoms with Crippen molar-refractivity contribution >= 4 is 0 Å². The molecule has 7 heteroatoms. The van der Waals surface area contributed by atoms with Crippen molar-refractivity contribution in [3.05, 3.63) is 54.2 Å². The molecule has 1 aliphatic heterocycles. The number of aryl methyl sites for hydroxylation is 1. The summed E-state index contributed by atoms with van der Waals surface area (Å²) in [7, 11) is 0. The standard InChI is InChI=1S/C18H20N6O/c1-13-22-18(23-25-13)16-9-19-12-21-17(16)14-5-4-8-24(10-14)11-15-6-2-3-7-20-15/h2-3,6-7,9,12,14H,4-5,8,10-11H2,1H3/t14-/m0/s1. The number of rotatable bonds is 4. The van der Waals surface area contributed by atoms with Gasteiger partial charge in [0.25, 0.3) is 0 Å². The van der Waals surface area contributed by atoms with Gasteiger partial charge in [-0.15, -0.1) is 0 Å². The van der Waals surface area contributed by atoms with E-state index in [1.807, 2.05) is 18.3 Å². The maximum atomic E-state index is 5.13. The Kier molecular flexibility index (Phi) is 4.47. The molecule has 25 heavy (non-hydrogen) atoms. The molecule has 7 nitrogen and oxygen atoms in total. The predicted octanol–water partition coefficient (Wildman–Crippen LogP) is 2.61. The van der Waals surface area contributed by atoms with E-state index in [2.05, 4.69) is 36.1 Å². The molecule has 3 aromatic heterocycles. The van der Waals surface area contributed by atoms with E-state index >= 15 is 0 Å². The first-order chi connectivity index (χ1) is 12.3. The van der Waals surface area contributed by atoms with Gasteiger partial charge >= 0.3 is 0 Å². The van der Waals surface area contributed by atoms with E-state index in [0.29, 0.717) is 17.6 Å². The number of piperidine rings is 1. The van der Waals surface area contributed by atoms with Crippen LogP contribution in [0.2, 0.25) is 0 Å². The minimum Gasteiger partial charge on any atom is -0.339 e. The molecule has 0 unspecified atom stereocenters. The number of hydrogen-bond donors (Lipinski definition) is 0. The zero-order valence-electron chi connectivity index (χ0n) is 14.2. The van der Waals surface area contributed by atoms with Gasteiger partial charge in [0.15, 0.2) is 0 Å². The monoisotopic (exact) mass is 336 g/mol. The second-order valence-corrected chi connectivity index (χ2v) is 6.35. The van der Waals surface area contributed by atoms with Crippen molar-refractivity contribution in [1.82, 2.24) is 30.0 Å². The SMILES string of the molecule is Cc1nc(-c2cncnc2[C@H]2CCCN(Cc3ccccn3)C2)no1. The Hall–Kier alpha value is -2.67. The average molecular weight is 336 g/mol. The van der Waals surface area contributed by atoms with Crippen molar-refractivity contribution in [2.75, 3.05) is 13.1 Å². The normalized spacial score (nSPS) is 18.4. The fourth-order valence-corrected chi connectivity index (χ4v) is 3.39. The predicted molar refractivity (Wildman–Crippen MR) is 91.6 cm³/mol. The minimum absolute atomic E-state index is 0.328. The van der Waals surface area contributed by atoms with E-state index in [1.165, 1.54) is 0 Å². The number of likely N-dealkylation sites (tertiary alicyclic amines) is 1. The molecular formula is C18H20N6O. The summed E-state index contributed by atoms with van der Waals surface area (Å²) >= 11 is 0. The van der Waals surface area contributed by atoms with Gasteiger partial charge in [0.2, 0.25) is 11.7 Å². The van der Waals surface area contributed by atoms with Crippen LogP contribution in [0.1, 0.15) is 36.0 Å². The lowest BCUT2D eigenvalue weighted by atomic mass is 9.91. The lowest BCUT2D eigenvalue weighted by Gasteiger charge is -2.32. The van der Waals surface area contributed by atoms with Crippen LogP contribution in [0, 0.1) is 6.92 Å². The molecule has 4 heterocycles. The largest absolute Gasteiger partial charge is 0.339 e. The highest BCUT2D eigenvalue weighted by Crippen LogP contribution is 2.31. The number of pyridine rings is 1. The number of aromatic nitrogens is 5. The van der Waals surface area contributed by atoms with Crippen molar-refractivity contribution < 1.29 is 4.52 Å². The topological polar surface area (TPSA) is 80.8 Å². The van der Waals surface area contributed by atoms with Crippen molar-refractivity contribution in [2.24, 2.45) is 0 Å². The van der Waals surface area contributed by atoms with Gasteiger partial charge in [-0.2, -0.15) is 4.98 Å². The Morgan fingerprint density at radius 2 is 2.24 bits per heavy atom. The molecule has 1 saturated heterocycles. The Morgan fingerprint density at radius 3 is 3.04 bits per heavy atom. The van der Waals surface area contributed by atoms with Gasteiger partial charge in [-0.3, -0.25) is 9.88 Å². The quantitative estimate of drug-likeness (QED) is 0.724. The lowest BCUT2D eigenvalue weighted by molar-refractivity contribution is 0.196. The van der Waals surface area contributed by atoms with E-state index < -0.39 is 0 Å². The summed E-state index contributed by atoms with van der Waals surface area (Å²) in [6.07, 6.45) is 7.46. The molecule has 0 bridgehead atoms. The van der Waals surface area contributed by atoms with Gasteiger partial charge < -0.3 is 4.52 Å². The summed E-state index contributed by atoms with van der Waals surface area (Å²) in [6.45, 7) is 4.67. The van der Waals surface area contributed by atoms with Gasteiger partial charge in [-0.1, -0.05) is 11.2 Å². The molecular weight excluding hydrogens is 316 g/mol. The van der Waals surface area contributed by atoms with Crippen LogP contribution in [-0.4, -0.2) is 43.1 Å². The van der Waals surface area contributed by atoms with E-state index in [4.69, 9.17) is 4.52 Å². The molecule has 0 N–H and O–H groups in total. The number of nitrogens with zero attached hydrogens (tertiary/aromatic N) is 6. The molecule has 4 rings (SSSR count). The highest BCUT2D eigenvalue weighted by atomic mass is 16.5. The van der Waals surface area contributed by atoms with Gasteiger partial charge in [0.05, 0.1) is 17.0 Å². The first kappa shape index (κ1) is 15.8. The van der Waals surface area contributed by atoms with Crippen molar-refractivity contribution in [2.45, 2.75) is 32.2 Å². The van der Waals surface area contributed by atoms with Crippen molar-refractivity contribution in [1.29, 1.82) is 0 Å². The lowest BCUT2D eigenvalue weighted by Crippen LogP contribution is -2.34. The minimum atomic E-state index is 0.328. The first-order valence-corrected chi connectivity index (χ1v) is 8.52. The summed E-state index contributed by atoms with van der Waals surface area (Å²) in [4.78, 5) is 19.9. The molecule has 128 valence electrons. The summed E-state index contributed by atoms with van der Waals surface area (Å²) in [5, 5.41) is 4.04. The summed E-state index contributed by atoms with van der Waals surface area (Å²) in [5.74, 6) is 1.44. The molecule has 3 aromatic rings. The Labute approximate surface area is 146 Å². The molecule has 0 aromatic carbocycles. The van der Waals surface area contributed by atoms with Gasteiger partial charge in [-0.25, -0.2) is 9.97 Å². The maximum absolute atomic E-state index is 5.13. The van der Waals surface area contributed by atoms with Crippen LogP contribution in [0.25, 0.3) is 11.4 Å². The molecule has 0 radical (unpaired) electrons. The average Bonchev–Trinajstić information content (AvgIpc) is 3.09. The molecule has 0 amide bonds. The third-order valence-electron chi connectivity index (χ3n) is 4.52. The second-order valence-electron chi connectivity index (χ2n) is 6.35. The van der Waals surface area contributed by atoms with Gasteiger partial charge in [-0.05, 0) is 31.5 Å². The van der Waals surface area contributed by atoms with Crippen LogP contribution in [0.15, 0.2) is 41.4 Å². The molecule has 0 aliphatic carbocycles. The number of hydrogen-bond acceptors (Lipinski definition) is 7. The van der Waals surface area contributed by atoms with E-state index in [-0.39, 0.29) is 0 Å². The summed E-state index contributed by atoms with van der Waals surface area (Å²) in [6, 6.07) is 6.05. The fraction of sp³-hybridized carbons (Fsp3) is 0.389. The fourth-order valence-electron chi connectivity index (χ4n) is 3.39. The summed E-state index contributed by atoms with van der Waals surface area (Å²) < 4.78 is 5.13. The highest BCUT2D eigenvalue weighted by Gasteiger charge is 2.26. The Balaban J connectivity index is 1.56. The van der Waals surface area contributed by atoms with Crippen LogP contribution in [0.3, 0.4) is 0 Å². The third-order valence-corrected chi connectivity index (χ3v) is 4.52. The van der Waals surface area contributed by atoms with Crippen LogP contribution >= 0.6 is 0 Å². The first-order valence-electron chi connectivity index (χ1n) is 8.52. The second kappa shape index (κ2) is 7.06. The molecule has 1 atom stereocenters. The van der Waals surface area contributed by atoms with Crippen LogP contribution < -0.4 is 0 Å². The van der Waals surface area contributed by atoms with E-state index in [9.17, 15) is 0 Å². The molecule has 1 aliphatic rings. The van der Waals surface area contributed by atoms with Crippen molar-refractivity contribution in [3.8, 4) is 11.4 Å². The van der Waals surface area contributed by atoms with E-state index in [0.717, 1.165) is 49.4 Å². The van der Waals surface area contributed by atoms with E-state index in [1.54, 1.807) is 19.4 Å². The van der Waals surface area contributed by atoms with Crippen LogP contribution in [-0.2, 0) is 6.54 Å². The third kappa shape index (κ3) is 3.56. The molecule has 1 fully saturated rings. The summed E-state index contributed by atoms with van der Waals surface area (Å²) in [5.41, 5.74) is 2.96. The Bertz CT molecular complexity index is 834. The van der Waals surface area contributed by atoms with Gasteiger partial charge in [0.1, 0.15) is 6.33 Å². The van der Waals surface area contributed by atoms with Crippen LogP contribution in [0.4, 0.5) is 0 Å². The highest BCUT2D eigenvalue weighted by molar-refractivity contribution is 5.57. The zero-order chi connectivity index (χ0) is 17.1. The smallest absolute Gasteiger partial charge is 0.223 e. The molecule has 0 saturated carbocycles.